The number of hydrogen-bond acceptors (Lipinski definition) is 3. The molecule has 1 saturated heterocycles. The lowest BCUT2D eigenvalue weighted by Crippen LogP contribution is -2.45. The number of benzene rings is 3. The molecule has 0 aromatic heterocycles. The molecule has 2 unspecified atom stereocenters. The molecule has 2 atom stereocenters. The van der Waals surface area contributed by atoms with Gasteiger partial charge in [0.25, 0.3) is 0 Å². The molecule has 3 aromatic rings. The highest BCUT2D eigenvalue weighted by Gasteiger charge is 2.33. The summed E-state index contributed by atoms with van der Waals surface area (Å²) in [6.45, 7) is 3.53. The average Bonchev–Trinajstić information content (AvgIpc) is 2.88. The maximum atomic E-state index is 13.9. The third-order valence-electron chi connectivity index (χ3n) is 6.81. The Morgan fingerprint density at radius 1 is 1.03 bits per heavy atom. The lowest BCUT2D eigenvalue weighted by atomic mass is 9.83. The quantitative estimate of drug-likeness (QED) is 0.389. The van der Waals surface area contributed by atoms with Gasteiger partial charge in [-0.2, -0.15) is 13.2 Å². The van der Waals surface area contributed by atoms with Crippen LogP contribution >= 0.6 is 0 Å². The zero-order valence-corrected chi connectivity index (χ0v) is 20.8. The van der Waals surface area contributed by atoms with Crippen molar-refractivity contribution in [1.29, 1.82) is 0 Å². The van der Waals surface area contributed by atoms with Crippen LogP contribution in [-0.4, -0.2) is 31.0 Å². The molecule has 1 amide bonds. The number of piperidine rings is 1. The van der Waals surface area contributed by atoms with Gasteiger partial charge >= 0.3 is 6.18 Å². The van der Waals surface area contributed by atoms with Crippen molar-refractivity contribution in [1.82, 2.24) is 10.2 Å². The van der Waals surface area contributed by atoms with Crippen molar-refractivity contribution in [3.05, 3.63) is 100 Å². The zero-order valence-electron chi connectivity index (χ0n) is 20.8. The summed E-state index contributed by atoms with van der Waals surface area (Å²) in [5.74, 6) is -0.112. The molecular formula is C29H30F4N2O2. The number of nitrogens with one attached hydrogen (secondary N) is 1. The standard InChI is InChI=1S/C29H30F4N2O2/c1-19-11-22(9-10-27(19)30)23-14-24(18-35(17-23)16-21-6-4-8-26(13-21)37-2)28(36)34-15-20-5-3-7-25(12-20)29(31,32)33/h3-13,23-24H,14-18H2,1-2H3,(H,34,36). The van der Waals surface area contributed by atoms with Crippen molar-refractivity contribution in [2.24, 2.45) is 5.92 Å². The van der Waals surface area contributed by atoms with Crippen LogP contribution in [-0.2, 0) is 24.1 Å². The summed E-state index contributed by atoms with van der Waals surface area (Å²) in [5, 5.41) is 2.83. The normalized spacial score (nSPS) is 18.4. The summed E-state index contributed by atoms with van der Waals surface area (Å²) in [6.07, 6.45) is -3.88. The van der Waals surface area contributed by atoms with Gasteiger partial charge in [0.2, 0.25) is 5.91 Å². The highest BCUT2D eigenvalue weighted by molar-refractivity contribution is 5.79. The number of amides is 1. The molecule has 0 bridgehead atoms. The summed E-state index contributed by atoms with van der Waals surface area (Å²) >= 11 is 0. The molecule has 3 aromatic carbocycles. The molecule has 0 radical (unpaired) electrons. The predicted octanol–water partition coefficient (Wildman–Crippen LogP) is 6.08. The molecule has 37 heavy (non-hydrogen) atoms. The summed E-state index contributed by atoms with van der Waals surface area (Å²) in [6, 6.07) is 17.7. The van der Waals surface area contributed by atoms with Crippen LogP contribution in [0.25, 0.3) is 0 Å². The SMILES string of the molecule is COc1cccc(CN2CC(C(=O)NCc3cccc(C(F)(F)F)c3)CC(c3ccc(F)c(C)c3)C2)c1. The summed E-state index contributed by atoms with van der Waals surface area (Å²) in [5.41, 5.74) is 2.20. The van der Waals surface area contributed by atoms with Crippen LogP contribution < -0.4 is 10.1 Å². The van der Waals surface area contributed by atoms with E-state index in [2.05, 4.69) is 10.2 Å². The number of alkyl halides is 3. The van der Waals surface area contributed by atoms with Gasteiger partial charge in [0.15, 0.2) is 0 Å². The summed E-state index contributed by atoms with van der Waals surface area (Å²) in [4.78, 5) is 15.4. The third-order valence-corrected chi connectivity index (χ3v) is 6.81. The van der Waals surface area contributed by atoms with Crippen molar-refractivity contribution in [2.75, 3.05) is 20.2 Å². The Balaban J connectivity index is 1.51. The van der Waals surface area contributed by atoms with Gasteiger partial charge in [0.1, 0.15) is 11.6 Å². The molecule has 4 rings (SSSR count). The highest BCUT2D eigenvalue weighted by atomic mass is 19.4. The smallest absolute Gasteiger partial charge is 0.416 e. The van der Waals surface area contributed by atoms with Gasteiger partial charge in [-0.25, -0.2) is 4.39 Å². The van der Waals surface area contributed by atoms with E-state index >= 15 is 0 Å². The first-order chi connectivity index (χ1) is 17.6. The Hall–Kier alpha value is -3.39. The van der Waals surface area contributed by atoms with E-state index in [9.17, 15) is 22.4 Å². The molecule has 196 valence electrons. The molecule has 8 heteroatoms. The maximum Gasteiger partial charge on any atom is 0.416 e. The topological polar surface area (TPSA) is 41.6 Å². The number of rotatable bonds is 7. The molecule has 1 N–H and O–H groups in total. The van der Waals surface area contributed by atoms with E-state index in [4.69, 9.17) is 4.74 Å². The Bertz CT molecular complexity index is 1240. The zero-order chi connectivity index (χ0) is 26.6. The van der Waals surface area contributed by atoms with Crippen LogP contribution in [0, 0.1) is 18.7 Å². The van der Waals surface area contributed by atoms with Crippen LogP contribution in [0.15, 0.2) is 66.7 Å². The largest absolute Gasteiger partial charge is 0.497 e. The molecule has 1 aliphatic heterocycles. The lowest BCUT2D eigenvalue weighted by molar-refractivity contribution is -0.137. The Kier molecular flexibility index (Phi) is 8.17. The van der Waals surface area contributed by atoms with E-state index in [0.29, 0.717) is 37.2 Å². The van der Waals surface area contributed by atoms with Crippen molar-refractivity contribution in [2.45, 2.75) is 38.5 Å². The molecular weight excluding hydrogens is 484 g/mol. The first kappa shape index (κ1) is 26.7. The average molecular weight is 515 g/mol. The van der Waals surface area contributed by atoms with E-state index in [1.165, 1.54) is 12.1 Å². The molecule has 1 fully saturated rings. The number of nitrogens with zero attached hydrogens (tertiary/aromatic N) is 1. The van der Waals surface area contributed by atoms with Gasteiger partial charge in [0, 0.05) is 26.2 Å². The van der Waals surface area contributed by atoms with Gasteiger partial charge in [-0.3, -0.25) is 9.69 Å². The number of ether oxygens (including phenoxy) is 1. The Morgan fingerprint density at radius 2 is 1.78 bits per heavy atom. The second-order valence-corrected chi connectivity index (χ2v) is 9.60. The van der Waals surface area contributed by atoms with Crippen LogP contribution in [0.4, 0.5) is 17.6 Å². The number of carbonyl (C=O) groups excluding carboxylic acids is 1. The maximum absolute atomic E-state index is 13.9. The molecule has 4 nitrogen and oxygen atoms in total. The van der Waals surface area contributed by atoms with Gasteiger partial charge in [-0.15, -0.1) is 0 Å². The lowest BCUT2D eigenvalue weighted by Gasteiger charge is -2.37. The van der Waals surface area contributed by atoms with Gasteiger partial charge < -0.3 is 10.1 Å². The number of methoxy groups -OCH3 is 1. The first-order valence-electron chi connectivity index (χ1n) is 12.2. The number of likely N-dealkylation sites (tertiary alicyclic amines) is 1. The van der Waals surface area contributed by atoms with Crippen LogP contribution in [0.5, 0.6) is 5.75 Å². The molecule has 0 saturated carbocycles. The van der Waals surface area contributed by atoms with Crippen LogP contribution in [0.3, 0.4) is 0 Å². The summed E-state index contributed by atoms with van der Waals surface area (Å²) < 4.78 is 58.4. The number of carbonyl (C=O) groups is 1. The van der Waals surface area contributed by atoms with E-state index in [0.717, 1.165) is 29.0 Å². The number of hydrogen-bond donors (Lipinski definition) is 1. The van der Waals surface area contributed by atoms with Crippen molar-refractivity contribution in [3.8, 4) is 5.75 Å². The second-order valence-electron chi connectivity index (χ2n) is 9.60. The van der Waals surface area contributed by atoms with Gasteiger partial charge in [-0.05, 0) is 71.8 Å². The fourth-order valence-corrected chi connectivity index (χ4v) is 4.89. The molecule has 0 spiro atoms. The van der Waals surface area contributed by atoms with E-state index in [1.54, 1.807) is 26.2 Å². The molecule has 1 heterocycles. The second kappa shape index (κ2) is 11.3. The monoisotopic (exact) mass is 514 g/mol. The highest BCUT2D eigenvalue weighted by Crippen LogP contribution is 2.33. The fourth-order valence-electron chi connectivity index (χ4n) is 4.89. The Labute approximate surface area is 214 Å². The third kappa shape index (κ3) is 6.89. The van der Waals surface area contributed by atoms with Crippen LogP contribution in [0.2, 0.25) is 0 Å². The van der Waals surface area contributed by atoms with E-state index in [-0.39, 0.29) is 30.1 Å². The van der Waals surface area contributed by atoms with Gasteiger partial charge in [0.05, 0.1) is 18.6 Å². The van der Waals surface area contributed by atoms with E-state index in [1.807, 2.05) is 30.3 Å². The minimum atomic E-state index is -4.44. The van der Waals surface area contributed by atoms with Gasteiger partial charge in [-0.1, -0.05) is 36.4 Å². The van der Waals surface area contributed by atoms with Crippen molar-refractivity contribution in [3.63, 3.8) is 0 Å². The minimum absolute atomic E-state index is 0.00275. The van der Waals surface area contributed by atoms with Crippen LogP contribution in [0.1, 0.15) is 40.2 Å². The summed E-state index contributed by atoms with van der Waals surface area (Å²) in [7, 11) is 1.61. The predicted molar refractivity (Wildman–Crippen MR) is 134 cm³/mol. The van der Waals surface area contributed by atoms with Crippen molar-refractivity contribution >= 4 is 5.91 Å². The first-order valence-corrected chi connectivity index (χ1v) is 12.2. The Morgan fingerprint density at radius 3 is 2.51 bits per heavy atom. The van der Waals surface area contributed by atoms with Crippen molar-refractivity contribution < 1.29 is 27.1 Å². The fraction of sp³-hybridized carbons (Fsp3) is 0.345. The number of aryl methyl sites for hydroxylation is 1. The number of halogens is 4. The molecule has 0 aliphatic carbocycles. The minimum Gasteiger partial charge on any atom is -0.497 e. The van der Waals surface area contributed by atoms with E-state index < -0.39 is 11.7 Å². The molecule has 1 aliphatic rings.